The van der Waals surface area contributed by atoms with E-state index in [-0.39, 0.29) is 23.7 Å². The van der Waals surface area contributed by atoms with Crippen molar-refractivity contribution >= 4 is 35.2 Å². The molecule has 9 heteroatoms. The second-order valence-corrected chi connectivity index (χ2v) is 6.63. The number of aliphatic carboxylic acids is 1. The van der Waals surface area contributed by atoms with Crippen LogP contribution < -0.4 is 16.0 Å². The number of carbonyl (C=O) groups excluding carboxylic acids is 2. The lowest BCUT2D eigenvalue weighted by molar-refractivity contribution is -0.142. The predicted octanol–water partition coefficient (Wildman–Crippen LogP) is 2.09. The molecule has 0 fully saturated rings. The van der Waals surface area contributed by atoms with Gasteiger partial charge in [0, 0.05) is 17.8 Å². The lowest BCUT2D eigenvalue weighted by Gasteiger charge is -2.21. The number of benzene rings is 1. The highest BCUT2D eigenvalue weighted by Gasteiger charge is 2.15. The third-order valence-corrected chi connectivity index (χ3v) is 3.04. The fourth-order valence-corrected chi connectivity index (χ4v) is 1.97. The predicted molar refractivity (Wildman–Crippen MR) is 94.1 cm³/mol. The Morgan fingerprint density at radius 3 is 2.52 bits per heavy atom. The van der Waals surface area contributed by atoms with Gasteiger partial charge < -0.3 is 25.8 Å². The Morgan fingerprint density at radius 1 is 1.24 bits per heavy atom. The van der Waals surface area contributed by atoms with Crippen LogP contribution in [0.5, 0.6) is 0 Å². The highest BCUT2D eigenvalue weighted by atomic mass is 35.5. The molecular formula is C16H22ClN3O5. The fourth-order valence-electron chi connectivity index (χ4n) is 1.77. The van der Waals surface area contributed by atoms with Crippen molar-refractivity contribution in [2.24, 2.45) is 0 Å². The Labute approximate surface area is 150 Å². The molecule has 0 radical (unpaired) electrons. The minimum atomic E-state index is -1.08. The zero-order chi connectivity index (χ0) is 19.0. The largest absolute Gasteiger partial charge is 0.480 e. The maximum atomic E-state index is 12.1. The summed E-state index contributed by atoms with van der Waals surface area (Å²) in [5.41, 5.74) is 0.207. The van der Waals surface area contributed by atoms with Gasteiger partial charge in [-0.3, -0.25) is 4.79 Å². The summed E-state index contributed by atoms with van der Waals surface area (Å²) in [6.07, 6.45) is 0. The Balaban J connectivity index is 2.63. The minimum absolute atomic E-state index is 0.0571. The number of ether oxygens (including phenoxy) is 1. The zero-order valence-corrected chi connectivity index (χ0v) is 15.1. The minimum Gasteiger partial charge on any atom is -0.480 e. The number of rotatable bonds is 7. The quantitative estimate of drug-likeness (QED) is 0.547. The van der Waals surface area contributed by atoms with Crippen LogP contribution in [-0.4, -0.2) is 48.3 Å². The molecule has 0 aliphatic heterocycles. The van der Waals surface area contributed by atoms with Gasteiger partial charge in [0.15, 0.2) is 0 Å². The summed E-state index contributed by atoms with van der Waals surface area (Å²) in [4.78, 5) is 34.3. The molecule has 1 rings (SSSR count). The molecule has 25 heavy (non-hydrogen) atoms. The Kier molecular flexibility index (Phi) is 7.66. The number of carbonyl (C=O) groups is 3. The Bertz CT molecular complexity index is 643. The van der Waals surface area contributed by atoms with Crippen molar-refractivity contribution in [3.63, 3.8) is 0 Å². The first kappa shape index (κ1) is 20.7. The first-order valence-corrected chi connectivity index (χ1v) is 7.93. The van der Waals surface area contributed by atoms with Crippen LogP contribution in [0.25, 0.3) is 0 Å². The molecule has 0 atom stereocenters. The van der Waals surface area contributed by atoms with Crippen LogP contribution in [0.4, 0.5) is 10.5 Å². The van der Waals surface area contributed by atoms with E-state index in [4.69, 9.17) is 21.4 Å². The SMILES string of the molecule is CC(C)(C)NC(=O)Nc1ccc(Cl)c(C(=O)NCCOCC(=O)O)c1. The van der Waals surface area contributed by atoms with Crippen LogP contribution in [-0.2, 0) is 9.53 Å². The number of carboxylic acid groups (broad SMARTS) is 1. The van der Waals surface area contributed by atoms with Crippen LogP contribution in [0.2, 0.25) is 5.02 Å². The molecule has 0 unspecified atom stereocenters. The van der Waals surface area contributed by atoms with E-state index in [1.165, 1.54) is 12.1 Å². The van der Waals surface area contributed by atoms with Gasteiger partial charge in [0.2, 0.25) is 0 Å². The van der Waals surface area contributed by atoms with Gasteiger partial charge in [0.1, 0.15) is 6.61 Å². The topological polar surface area (TPSA) is 117 Å². The molecular weight excluding hydrogens is 350 g/mol. The molecule has 0 heterocycles. The van der Waals surface area contributed by atoms with E-state index in [1.54, 1.807) is 6.07 Å². The van der Waals surface area contributed by atoms with Crippen LogP contribution in [0.1, 0.15) is 31.1 Å². The first-order chi connectivity index (χ1) is 11.6. The lowest BCUT2D eigenvalue weighted by Crippen LogP contribution is -2.43. The van der Waals surface area contributed by atoms with E-state index in [1.807, 2.05) is 20.8 Å². The highest BCUT2D eigenvalue weighted by Crippen LogP contribution is 2.20. The fraction of sp³-hybridized carbons (Fsp3) is 0.438. The summed E-state index contributed by atoms with van der Waals surface area (Å²) >= 11 is 6.02. The molecule has 0 spiro atoms. The second-order valence-electron chi connectivity index (χ2n) is 6.23. The van der Waals surface area contributed by atoms with Crippen LogP contribution in [0.15, 0.2) is 18.2 Å². The molecule has 0 saturated carbocycles. The van der Waals surface area contributed by atoms with Gasteiger partial charge in [0.05, 0.1) is 17.2 Å². The van der Waals surface area contributed by atoms with Crippen molar-refractivity contribution in [1.82, 2.24) is 10.6 Å². The number of anilines is 1. The lowest BCUT2D eigenvalue weighted by atomic mass is 10.1. The summed E-state index contributed by atoms with van der Waals surface area (Å²) in [6, 6.07) is 4.14. The Morgan fingerprint density at radius 2 is 1.92 bits per heavy atom. The molecule has 0 aromatic heterocycles. The molecule has 4 N–H and O–H groups in total. The summed E-state index contributed by atoms with van der Waals surface area (Å²) in [5.74, 6) is -1.54. The molecule has 1 aromatic rings. The van der Waals surface area contributed by atoms with Crippen molar-refractivity contribution in [3.05, 3.63) is 28.8 Å². The molecule has 0 saturated heterocycles. The van der Waals surface area contributed by atoms with E-state index >= 15 is 0 Å². The molecule has 8 nitrogen and oxygen atoms in total. The Hall–Kier alpha value is -2.32. The van der Waals surface area contributed by atoms with Crippen LogP contribution in [0.3, 0.4) is 0 Å². The second kappa shape index (κ2) is 9.24. The van der Waals surface area contributed by atoms with Gasteiger partial charge >= 0.3 is 12.0 Å². The van der Waals surface area contributed by atoms with Crippen LogP contribution >= 0.6 is 11.6 Å². The molecule has 0 bridgehead atoms. The van der Waals surface area contributed by atoms with E-state index in [9.17, 15) is 14.4 Å². The van der Waals surface area contributed by atoms with E-state index in [0.29, 0.717) is 5.69 Å². The smallest absolute Gasteiger partial charge is 0.329 e. The molecule has 0 aliphatic carbocycles. The van der Waals surface area contributed by atoms with Gasteiger partial charge in [-0.05, 0) is 39.0 Å². The van der Waals surface area contributed by atoms with Gasteiger partial charge in [-0.2, -0.15) is 0 Å². The number of hydrogen-bond donors (Lipinski definition) is 4. The zero-order valence-electron chi connectivity index (χ0n) is 14.3. The summed E-state index contributed by atoms with van der Waals surface area (Å²) in [6.45, 7) is 5.30. The summed E-state index contributed by atoms with van der Waals surface area (Å²) < 4.78 is 4.82. The maximum absolute atomic E-state index is 12.1. The standard InChI is InChI=1S/C16H22ClN3O5/c1-16(2,3)20-15(24)19-10-4-5-12(17)11(8-10)14(23)18-6-7-25-9-13(21)22/h4-5,8H,6-7,9H2,1-3H3,(H,18,23)(H,21,22)(H2,19,20,24). The number of carboxylic acids is 1. The normalized spacial score (nSPS) is 10.9. The van der Waals surface area contributed by atoms with E-state index < -0.39 is 30.1 Å². The monoisotopic (exact) mass is 371 g/mol. The van der Waals surface area contributed by atoms with Crippen molar-refractivity contribution in [2.45, 2.75) is 26.3 Å². The average molecular weight is 372 g/mol. The van der Waals surface area contributed by atoms with Crippen molar-refractivity contribution < 1.29 is 24.2 Å². The number of halogens is 1. The van der Waals surface area contributed by atoms with Crippen molar-refractivity contribution in [1.29, 1.82) is 0 Å². The van der Waals surface area contributed by atoms with Crippen molar-refractivity contribution in [2.75, 3.05) is 25.1 Å². The highest BCUT2D eigenvalue weighted by molar-refractivity contribution is 6.34. The number of hydrogen-bond acceptors (Lipinski definition) is 4. The van der Waals surface area contributed by atoms with Crippen molar-refractivity contribution in [3.8, 4) is 0 Å². The summed E-state index contributed by atoms with van der Waals surface area (Å²) in [5, 5.41) is 16.6. The number of nitrogens with one attached hydrogen (secondary N) is 3. The average Bonchev–Trinajstić information content (AvgIpc) is 2.46. The van der Waals surface area contributed by atoms with E-state index in [0.717, 1.165) is 0 Å². The van der Waals surface area contributed by atoms with Crippen LogP contribution in [0, 0.1) is 0 Å². The molecule has 1 aromatic carbocycles. The third-order valence-electron chi connectivity index (χ3n) is 2.71. The maximum Gasteiger partial charge on any atom is 0.329 e. The first-order valence-electron chi connectivity index (χ1n) is 7.55. The number of urea groups is 1. The van der Waals surface area contributed by atoms with E-state index in [2.05, 4.69) is 16.0 Å². The number of amides is 3. The third kappa shape index (κ3) is 8.37. The molecule has 138 valence electrons. The molecule has 0 aliphatic rings. The van der Waals surface area contributed by atoms with Gasteiger partial charge in [0.25, 0.3) is 5.91 Å². The van der Waals surface area contributed by atoms with Gasteiger partial charge in [-0.1, -0.05) is 11.6 Å². The van der Waals surface area contributed by atoms with Gasteiger partial charge in [-0.25, -0.2) is 9.59 Å². The van der Waals surface area contributed by atoms with Gasteiger partial charge in [-0.15, -0.1) is 0 Å². The molecule has 3 amide bonds. The summed E-state index contributed by atoms with van der Waals surface area (Å²) in [7, 11) is 0.